The second-order valence-corrected chi connectivity index (χ2v) is 5.07. The average Bonchev–Trinajstić information content (AvgIpc) is 2.48. The molecule has 1 aromatic rings. The van der Waals surface area contributed by atoms with Gasteiger partial charge in [-0.05, 0) is 18.4 Å². The molecule has 0 atom stereocenters. The highest BCUT2D eigenvalue weighted by Gasteiger charge is 2.28. The molecule has 0 saturated carbocycles. The predicted molar refractivity (Wildman–Crippen MR) is 77.0 cm³/mol. The minimum absolute atomic E-state index is 0.0228. The van der Waals surface area contributed by atoms with E-state index < -0.39 is 12.8 Å². The van der Waals surface area contributed by atoms with Crippen LogP contribution in [0.1, 0.15) is 12.0 Å². The Morgan fingerprint density at radius 1 is 1.36 bits per heavy atom. The van der Waals surface area contributed by atoms with Crippen molar-refractivity contribution in [3.05, 3.63) is 23.9 Å². The lowest BCUT2D eigenvalue weighted by Crippen LogP contribution is -2.42. The van der Waals surface area contributed by atoms with E-state index in [1.165, 1.54) is 12.3 Å². The zero-order chi connectivity index (χ0) is 16.0. The van der Waals surface area contributed by atoms with Crippen LogP contribution in [0.25, 0.3) is 0 Å². The molecule has 1 N–H and O–H groups in total. The van der Waals surface area contributed by atoms with Crippen LogP contribution >= 0.6 is 0 Å². The number of guanidine groups is 1. The van der Waals surface area contributed by atoms with Crippen LogP contribution in [0.2, 0.25) is 0 Å². The first-order valence-electron chi connectivity index (χ1n) is 7.08. The highest BCUT2D eigenvalue weighted by Crippen LogP contribution is 2.17. The van der Waals surface area contributed by atoms with Crippen molar-refractivity contribution < 1.29 is 17.9 Å². The lowest BCUT2D eigenvalue weighted by atomic mass is 10.2. The van der Waals surface area contributed by atoms with Crippen molar-refractivity contribution in [1.29, 1.82) is 0 Å². The molecule has 0 amide bonds. The average molecular weight is 316 g/mol. The van der Waals surface area contributed by atoms with E-state index in [4.69, 9.17) is 0 Å². The van der Waals surface area contributed by atoms with Gasteiger partial charge in [0.15, 0.2) is 12.6 Å². The van der Waals surface area contributed by atoms with Crippen molar-refractivity contribution in [3.8, 4) is 5.88 Å². The molecule has 2 heterocycles. The van der Waals surface area contributed by atoms with Gasteiger partial charge in [-0.1, -0.05) is 6.07 Å². The van der Waals surface area contributed by atoms with Gasteiger partial charge in [-0.15, -0.1) is 0 Å². The third kappa shape index (κ3) is 5.42. The second-order valence-electron chi connectivity index (χ2n) is 5.07. The monoisotopic (exact) mass is 316 g/mol. The Labute approximate surface area is 127 Å². The molecule has 2 rings (SSSR count). The van der Waals surface area contributed by atoms with Crippen molar-refractivity contribution in [2.75, 3.05) is 33.3 Å². The van der Waals surface area contributed by atoms with Gasteiger partial charge in [-0.3, -0.25) is 4.99 Å². The molecule has 0 fully saturated rings. The second kappa shape index (κ2) is 7.33. The standard InChI is InChI=1S/C14H19F3N4O/c1-21-8-2-6-18-13(21)19-7-5-11-3-4-12(20-9-11)22-10-14(15,16)17/h3-4,9H,2,5-8,10H2,1H3,(H,18,19). The van der Waals surface area contributed by atoms with Crippen LogP contribution in [0.4, 0.5) is 13.2 Å². The molecule has 0 aromatic carbocycles. The summed E-state index contributed by atoms with van der Waals surface area (Å²) in [6.07, 6.45) is -1.05. The number of ether oxygens (including phenoxy) is 1. The molecule has 5 nitrogen and oxygen atoms in total. The highest BCUT2D eigenvalue weighted by molar-refractivity contribution is 5.80. The fourth-order valence-corrected chi connectivity index (χ4v) is 2.03. The molecule has 0 aliphatic carbocycles. The summed E-state index contributed by atoms with van der Waals surface area (Å²) in [5, 5.41) is 3.25. The number of halogens is 3. The van der Waals surface area contributed by atoms with E-state index in [1.54, 1.807) is 6.07 Å². The van der Waals surface area contributed by atoms with Crippen molar-refractivity contribution in [2.24, 2.45) is 4.99 Å². The molecule has 1 aromatic heterocycles. The van der Waals surface area contributed by atoms with Crippen molar-refractivity contribution in [3.63, 3.8) is 0 Å². The molecule has 0 unspecified atom stereocenters. The first-order chi connectivity index (χ1) is 10.4. The molecule has 0 bridgehead atoms. The van der Waals surface area contributed by atoms with E-state index in [2.05, 4.69) is 24.9 Å². The normalized spacial score (nSPS) is 15.5. The Morgan fingerprint density at radius 3 is 2.82 bits per heavy atom. The number of hydrogen-bond donors (Lipinski definition) is 1. The van der Waals surface area contributed by atoms with Crippen molar-refractivity contribution >= 4 is 5.96 Å². The number of hydrogen-bond acceptors (Lipinski definition) is 5. The number of nitrogens with zero attached hydrogens (tertiary/aromatic N) is 3. The molecule has 0 spiro atoms. The van der Waals surface area contributed by atoms with Crippen LogP contribution in [0.3, 0.4) is 0 Å². The lowest BCUT2D eigenvalue weighted by Gasteiger charge is -2.25. The van der Waals surface area contributed by atoms with Gasteiger partial charge in [0.2, 0.25) is 5.88 Å². The zero-order valence-corrected chi connectivity index (χ0v) is 12.4. The maximum atomic E-state index is 12.0. The summed E-state index contributed by atoms with van der Waals surface area (Å²) in [6.45, 7) is 1.18. The topological polar surface area (TPSA) is 49.8 Å². The van der Waals surface area contributed by atoms with Crippen LogP contribution in [0.15, 0.2) is 23.3 Å². The maximum absolute atomic E-state index is 12.0. The molecule has 1 aliphatic heterocycles. The summed E-state index contributed by atoms with van der Waals surface area (Å²) in [4.78, 5) is 10.3. The maximum Gasteiger partial charge on any atom is 0.422 e. The van der Waals surface area contributed by atoms with E-state index in [0.717, 1.165) is 31.0 Å². The zero-order valence-electron chi connectivity index (χ0n) is 12.4. The smallest absolute Gasteiger partial charge is 0.422 e. The molecule has 8 heteroatoms. The molecular formula is C14H19F3N4O. The van der Waals surface area contributed by atoms with Crippen LogP contribution < -0.4 is 10.1 Å². The van der Waals surface area contributed by atoms with Gasteiger partial charge in [0.1, 0.15) is 0 Å². The largest absolute Gasteiger partial charge is 0.468 e. The van der Waals surface area contributed by atoms with Crippen LogP contribution in [0, 0.1) is 0 Å². The van der Waals surface area contributed by atoms with Gasteiger partial charge >= 0.3 is 6.18 Å². The van der Waals surface area contributed by atoms with E-state index in [9.17, 15) is 13.2 Å². The summed E-state index contributed by atoms with van der Waals surface area (Å²) < 4.78 is 40.6. The highest BCUT2D eigenvalue weighted by atomic mass is 19.4. The van der Waals surface area contributed by atoms with Gasteiger partial charge < -0.3 is 15.0 Å². The number of aliphatic imine (C=N–C) groups is 1. The minimum atomic E-state index is -4.35. The van der Waals surface area contributed by atoms with E-state index in [-0.39, 0.29) is 5.88 Å². The van der Waals surface area contributed by atoms with Crippen molar-refractivity contribution in [2.45, 2.75) is 19.0 Å². The summed E-state index contributed by atoms with van der Waals surface area (Å²) >= 11 is 0. The Hall–Kier alpha value is -1.99. The summed E-state index contributed by atoms with van der Waals surface area (Å²) in [5.74, 6) is 0.856. The SMILES string of the molecule is CN1CCCN=C1NCCc1ccc(OCC(F)(F)F)nc1. The Kier molecular flexibility index (Phi) is 5.46. The van der Waals surface area contributed by atoms with Crippen LogP contribution in [-0.4, -0.2) is 55.3 Å². The van der Waals surface area contributed by atoms with Gasteiger partial charge in [-0.25, -0.2) is 4.98 Å². The molecular weight excluding hydrogens is 297 g/mol. The Balaban J connectivity index is 1.75. The first-order valence-corrected chi connectivity index (χ1v) is 7.08. The number of alkyl halides is 3. The third-order valence-corrected chi connectivity index (χ3v) is 3.15. The molecule has 0 saturated heterocycles. The number of rotatable bonds is 5. The molecule has 122 valence electrons. The van der Waals surface area contributed by atoms with E-state index in [0.29, 0.717) is 13.0 Å². The summed E-state index contributed by atoms with van der Waals surface area (Å²) in [5.41, 5.74) is 0.922. The number of nitrogens with one attached hydrogen (secondary N) is 1. The number of pyridine rings is 1. The molecule has 0 radical (unpaired) electrons. The lowest BCUT2D eigenvalue weighted by molar-refractivity contribution is -0.154. The molecule has 22 heavy (non-hydrogen) atoms. The van der Waals surface area contributed by atoms with Gasteiger partial charge in [0.25, 0.3) is 0 Å². The van der Waals surface area contributed by atoms with Crippen LogP contribution in [0.5, 0.6) is 5.88 Å². The van der Waals surface area contributed by atoms with Gasteiger partial charge in [-0.2, -0.15) is 13.2 Å². The number of aromatic nitrogens is 1. The van der Waals surface area contributed by atoms with E-state index >= 15 is 0 Å². The fraction of sp³-hybridized carbons (Fsp3) is 0.571. The minimum Gasteiger partial charge on any atom is -0.468 e. The first kappa shape index (κ1) is 16.4. The van der Waals surface area contributed by atoms with E-state index in [1.807, 2.05) is 7.05 Å². The predicted octanol–water partition coefficient (Wildman–Crippen LogP) is 1.85. The Morgan fingerprint density at radius 2 is 2.18 bits per heavy atom. The van der Waals surface area contributed by atoms with Gasteiger partial charge in [0.05, 0.1) is 0 Å². The summed E-state index contributed by atoms with van der Waals surface area (Å²) in [6, 6.07) is 3.16. The fourth-order valence-electron chi connectivity index (χ4n) is 2.03. The molecule has 1 aliphatic rings. The van der Waals surface area contributed by atoms with Crippen molar-refractivity contribution in [1.82, 2.24) is 15.2 Å². The summed E-state index contributed by atoms with van der Waals surface area (Å²) in [7, 11) is 1.99. The van der Waals surface area contributed by atoms with Gasteiger partial charge in [0, 0.05) is 38.9 Å². The van der Waals surface area contributed by atoms with Crippen LogP contribution in [-0.2, 0) is 6.42 Å². The Bertz CT molecular complexity index is 502. The third-order valence-electron chi connectivity index (χ3n) is 3.15. The quantitative estimate of drug-likeness (QED) is 0.901.